The van der Waals surface area contributed by atoms with Crippen LogP contribution in [-0.4, -0.2) is 36.7 Å². The zero-order valence-corrected chi connectivity index (χ0v) is 19.8. The summed E-state index contributed by atoms with van der Waals surface area (Å²) in [6.45, 7) is 2.78. The molecular formula is C27H29N3O4. The number of aromatic nitrogens is 2. The number of carbonyl (C=O) groups excluding carboxylic acids is 1. The summed E-state index contributed by atoms with van der Waals surface area (Å²) in [6, 6.07) is 16.0. The Balaban J connectivity index is 1.70. The van der Waals surface area contributed by atoms with Gasteiger partial charge in [0.15, 0.2) is 0 Å². The Hall–Kier alpha value is -3.87. The van der Waals surface area contributed by atoms with Crippen molar-refractivity contribution < 1.29 is 18.7 Å². The first-order valence-corrected chi connectivity index (χ1v) is 11.4. The summed E-state index contributed by atoms with van der Waals surface area (Å²) in [5, 5.41) is 4.31. The normalized spacial score (nSPS) is 10.9. The van der Waals surface area contributed by atoms with Crippen LogP contribution in [0.3, 0.4) is 0 Å². The zero-order chi connectivity index (χ0) is 23.9. The molecule has 176 valence electrons. The van der Waals surface area contributed by atoms with Crippen molar-refractivity contribution in [2.24, 2.45) is 0 Å². The van der Waals surface area contributed by atoms with E-state index in [0.29, 0.717) is 12.1 Å². The van der Waals surface area contributed by atoms with E-state index in [1.165, 1.54) is 13.4 Å². The molecule has 0 aliphatic rings. The van der Waals surface area contributed by atoms with E-state index >= 15 is 0 Å². The smallest absolute Gasteiger partial charge is 0.305 e. The van der Waals surface area contributed by atoms with Crippen LogP contribution >= 0.6 is 0 Å². The number of anilines is 1. The third-order valence-electron chi connectivity index (χ3n) is 5.80. The molecule has 0 spiro atoms. The summed E-state index contributed by atoms with van der Waals surface area (Å²) < 4.78 is 16.4. The predicted octanol–water partition coefficient (Wildman–Crippen LogP) is 6.02. The Bertz CT molecular complexity index is 1270. The molecule has 4 rings (SSSR count). The fourth-order valence-electron chi connectivity index (χ4n) is 4.04. The van der Waals surface area contributed by atoms with Gasteiger partial charge in [-0.05, 0) is 43.0 Å². The number of carbonyl (C=O) groups is 1. The van der Waals surface area contributed by atoms with Crippen molar-refractivity contribution in [2.45, 2.75) is 32.6 Å². The number of ether oxygens (including phenoxy) is 2. The van der Waals surface area contributed by atoms with Crippen LogP contribution in [0.5, 0.6) is 5.75 Å². The monoisotopic (exact) mass is 459 g/mol. The lowest BCUT2D eigenvalue weighted by Gasteiger charge is -2.11. The molecule has 0 radical (unpaired) electrons. The average molecular weight is 460 g/mol. The maximum atomic E-state index is 11.3. The van der Waals surface area contributed by atoms with Gasteiger partial charge in [0, 0.05) is 24.1 Å². The van der Waals surface area contributed by atoms with Gasteiger partial charge < -0.3 is 19.2 Å². The quantitative estimate of drug-likeness (QED) is 0.229. The highest BCUT2D eigenvalue weighted by Gasteiger charge is 2.23. The lowest BCUT2D eigenvalue weighted by Crippen LogP contribution is -2.05. The molecule has 0 aliphatic carbocycles. The fraction of sp³-hybridized carbons (Fsp3) is 0.296. The average Bonchev–Trinajstić information content (AvgIpc) is 3.26. The molecule has 7 heteroatoms. The largest absolute Gasteiger partial charge is 0.497 e. The summed E-state index contributed by atoms with van der Waals surface area (Å²) in [5.41, 5.74) is 4.56. The summed E-state index contributed by atoms with van der Waals surface area (Å²) in [4.78, 5) is 20.3. The molecule has 2 aromatic carbocycles. The van der Waals surface area contributed by atoms with Gasteiger partial charge in [-0.15, -0.1) is 0 Å². The molecule has 4 aromatic rings. The number of methoxy groups -OCH3 is 2. The molecule has 2 heterocycles. The van der Waals surface area contributed by atoms with Gasteiger partial charge in [-0.1, -0.05) is 42.8 Å². The van der Waals surface area contributed by atoms with Crippen molar-refractivity contribution in [3.05, 3.63) is 60.4 Å². The van der Waals surface area contributed by atoms with Gasteiger partial charge in [0.2, 0.25) is 5.71 Å². The van der Waals surface area contributed by atoms with E-state index in [1.54, 1.807) is 7.11 Å². The molecular weight excluding hydrogens is 430 g/mol. The van der Waals surface area contributed by atoms with Gasteiger partial charge in [-0.25, -0.2) is 9.97 Å². The van der Waals surface area contributed by atoms with Gasteiger partial charge in [0.1, 0.15) is 23.7 Å². The van der Waals surface area contributed by atoms with Crippen LogP contribution in [0.2, 0.25) is 0 Å². The molecule has 0 unspecified atom stereocenters. The molecule has 0 saturated carbocycles. The number of hydrogen-bond donors (Lipinski definition) is 1. The fourth-order valence-corrected chi connectivity index (χ4v) is 4.04. The van der Waals surface area contributed by atoms with Gasteiger partial charge in [-0.3, -0.25) is 4.79 Å². The molecule has 34 heavy (non-hydrogen) atoms. The van der Waals surface area contributed by atoms with Crippen molar-refractivity contribution in [3.8, 4) is 28.2 Å². The standard InChI is InChI=1S/C27H29N3O4/c1-18-16-20(32-2)13-14-21(18)23-24-26(28-15-9-5-8-12-22(31)33-3)29-17-30-27(24)34-25(23)19-10-6-4-7-11-19/h4,6-7,10-11,13-14,16-17H,5,8-9,12,15H2,1-3H3,(H,28,29,30). The highest BCUT2D eigenvalue weighted by atomic mass is 16.5. The van der Waals surface area contributed by atoms with Crippen molar-refractivity contribution >= 4 is 22.9 Å². The minimum atomic E-state index is -0.170. The number of furan rings is 1. The van der Waals surface area contributed by atoms with E-state index < -0.39 is 0 Å². The maximum Gasteiger partial charge on any atom is 0.305 e. The van der Waals surface area contributed by atoms with Crippen molar-refractivity contribution in [1.82, 2.24) is 9.97 Å². The number of fused-ring (bicyclic) bond motifs is 1. The molecule has 0 bridgehead atoms. The Labute approximate surface area is 199 Å². The second-order valence-electron chi connectivity index (χ2n) is 8.07. The van der Waals surface area contributed by atoms with Crippen LogP contribution in [0.15, 0.2) is 59.3 Å². The number of benzene rings is 2. The first-order chi connectivity index (χ1) is 16.6. The Morgan fingerprint density at radius 1 is 1.03 bits per heavy atom. The maximum absolute atomic E-state index is 11.3. The van der Waals surface area contributed by atoms with Gasteiger partial charge in [-0.2, -0.15) is 0 Å². The second-order valence-corrected chi connectivity index (χ2v) is 8.07. The van der Waals surface area contributed by atoms with Crippen LogP contribution in [0.25, 0.3) is 33.6 Å². The summed E-state index contributed by atoms with van der Waals surface area (Å²) >= 11 is 0. The second kappa shape index (κ2) is 10.8. The van der Waals surface area contributed by atoms with Crippen LogP contribution in [0.1, 0.15) is 31.2 Å². The highest BCUT2D eigenvalue weighted by molar-refractivity contribution is 6.06. The van der Waals surface area contributed by atoms with Crippen molar-refractivity contribution in [2.75, 3.05) is 26.1 Å². The van der Waals surface area contributed by atoms with Gasteiger partial charge in [0.05, 0.1) is 19.6 Å². The molecule has 7 nitrogen and oxygen atoms in total. The Morgan fingerprint density at radius 3 is 2.59 bits per heavy atom. The van der Waals surface area contributed by atoms with Crippen LogP contribution in [-0.2, 0) is 9.53 Å². The minimum Gasteiger partial charge on any atom is -0.497 e. The van der Waals surface area contributed by atoms with E-state index in [9.17, 15) is 4.79 Å². The van der Waals surface area contributed by atoms with Crippen LogP contribution < -0.4 is 10.1 Å². The third kappa shape index (κ3) is 5.03. The van der Waals surface area contributed by atoms with E-state index in [2.05, 4.69) is 28.3 Å². The lowest BCUT2D eigenvalue weighted by molar-refractivity contribution is -0.140. The van der Waals surface area contributed by atoms with Gasteiger partial charge >= 0.3 is 5.97 Å². The van der Waals surface area contributed by atoms with E-state index in [-0.39, 0.29) is 5.97 Å². The van der Waals surface area contributed by atoms with E-state index in [1.807, 2.05) is 42.5 Å². The first kappa shape index (κ1) is 23.3. The van der Waals surface area contributed by atoms with Crippen molar-refractivity contribution in [3.63, 3.8) is 0 Å². The van der Waals surface area contributed by atoms with Crippen LogP contribution in [0.4, 0.5) is 5.82 Å². The molecule has 0 atom stereocenters. The molecule has 0 saturated heterocycles. The highest BCUT2D eigenvalue weighted by Crippen LogP contribution is 2.44. The SMILES string of the molecule is COC(=O)CCCCCNc1ncnc2oc(-c3ccccc3)c(-c3ccc(OC)cc3C)c12. The Morgan fingerprint density at radius 2 is 1.85 bits per heavy atom. The number of hydrogen-bond acceptors (Lipinski definition) is 7. The topological polar surface area (TPSA) is 86.5 Å². The summed E-state index contributed by atoms with van der Waals surface area (Å²) in [7, 11) is 3.08. The predicted molar refractivity (Wildman–Crippen MR) is 133 cm³/mol. The zero-order valence-electron chi connectivity index (χ0n) is 19.8. The molecule has 0 fully saturated rings. The van der Waals surface area contributed by atoms with Crippen molar-refractivity contribution in [1.29, 1.82) is 0 Å². The lowest BCUT2D eigenvalue weighted by atomic mass is 9.95. The number of unbranched alkanes of at least 4 members (excludes halogenated alkanes) is 2. The molecule has 0 amide bonds. The molecule has 1 N–H and O–H groups in total. The van der Waals surface area contributed by atoms with Crippen LogP contribution in [0, 0.1) is 6.92 Å². The Kier molecular flexibility index (Phi) is 7.42. The number of nitrogens with zero attached hydrogens (tertiary/aromatic N) is 2. The number of esters is 1. The molecule has 0 aliphatic heterocycles. The van der Waals surface area contributed by atoms with Gasteiger partial charge in [0.25, 0.3) is 0 Å². The van der Waals surface area contributed by atoms with E-state index in [4.69, 9.17) is 13.9 Å². The van der Waals surface area contributed by atoms with E-state index in [0.717, 1.165) is 70.8 Å². The first-order valence-electron chi connectivity index (χ1n) is 11.4. The number of aryl methyl sites for hydroxylation is 1. The minimum absolute atomic E-state index is 0.170. The number of rotatable bonds is 10. The third-order valence-corrected chi connectivity index (χ3v) is 5.80. The molecule has 2 aromatic heterocycles. The summed E-state index contributed by atoms with van der Waals surface area (Å²) in [5.74, 6) is 2.12. The number of nitrogens with one attached hydrogen (secondary N) is 1. The summed E-state index contributed by atoms with van der Waals surface area (Å²) in [6.07, 6.45) is 4.58.